The maximum atomic E-state index is 12.8. The van der Waals surface area contributed by atoms with Crippen molar-refractivity contribution in [3.63, 3.8) is 0 Å². The summed E-state index contributed by atoms with van der Waals surface area (Å²) >= 11 is 0. The molecular formula is C21H30N2O. The van der Waals surface area contributed by atoms with Crippen molar-refractivity contribution in [3.8, 4) is 0 Å². The zero-order valence-electron chi connectivity index (χ0n) is 15.3. The summed E-state index contributed by atoms with van der Waals surface area (Å²) in [5.41, 5.74) is 5.00. The highest BCUT2D eigenvalue weighted by Gasteiger charge is 2.21. The standard InChI is InChI=1S/C19H24N2O.C2H6/c1-3-4-11-16(2)19(22)21(18-14-9-6-10-15-18)20-17-12-7-5-8-13-17;1-2/h5-10,12-16,20H,3-4,11H2,1-2H3;1-2H3. The molecule has 0 heterocycles. The van der Waals surface area contributed by atoms with Crippen LogP contribution in [0.25, 0.3) is 0 Å². The van der Waals surface area contributed by atoms with Gasteiger partial charge < -0.3 is 0 Å². The van der Waals surface area contributed by atoms with Gasteiger partial charge in [-0.1, -0.05) is 76.9 Å². The van der Waals surface area contributed by atoms with Gasteiger partial charge in [0.15, 0.2) is 0 Å². The molecule has 0 aliphatic rings. The molecule has 3 nitrogen and oxygen atoms in total. The number of hydrogen-bond donors (Lipinski definition) is 1. The predicted molar refractivity (Wildman–Crippen MR) is 104 cm³/mol. The zero-order chi connectivity index (χ0) is 17.8. The van der Waals surface area contributed by atoms with Crippen molar-refractivity contribution >= 4 is 17.3 Å². The Labute approximate surface area is 146 Å². The molecule has 1 amide bonds. The largest absolute Gasteiger partial charge is 0.291 e. The lowest BCUT2D eigenvalue weighted by atomic mass is 10.0. The van der Waals surface area contributed by atoms with E-state index in [1.165, 1.54) is 0 Å². The lowest BCUT2D eigenvalue weighted by Crippen LogP contribution is -2.39. The number of rotatable bonds is 7. The topological polar surface area (TPSA) is 32.3 Å². The van der Waals surface area contributed by atoms with E-state index < -0.39 is 0 Å². The van der Waals surface area contributed by atoms with Crippen molar-refractivity contribution in [3.05, 3.63) is 60.7 Å². The maximum absolute atomic E-state index is 12.8. The second kappa shape index (κ2) is 11.3. The smallest absolute Gasteiger partial charge is 0.248 e. The molecule has 2 rings (SSSR count). The van der Waals surface area contributed by atoms with Gasteiger partial charge in [-0.15, -0.1) is 0 Å². The Morgan fingerprint density at radius 3 is 2.08 bits per heavy atom. The first-order valence-electron chi connectivity index (χ1n) is 8.93. The molecule has 0 spiro atoms. The normalized spacial score (nSPS) is 11.0. The summed E-state index contributed by atoms with van der Waals surface area (Å²) in [7, 11) is 0. The number of carbonyl (C=O) groups excluding carboxylic acids is 1. The Bertz CT molecular complexity index is 569. The van der Waals surface area contributed by atoms with Gasteiger partial charge in [0.25, 0.3) is 0 Å². The van der Waals surface area contributed by atoms with Crippen LogP contribution >= 0.6 is 0 Å². The average Bonchev–Trinajstić information content (AvgIpc) is 2.66. The van der Waals surface area contributed by atoms with Crippen LogP contribution < -0.4 is 10.4 Å². The SMILES string of the molecule is CC.CCCCC(C)C(=O)N(Nc1ccccc1)c1ccccc1. The van der Waals surface area contributed by atoms with Gasteiger partial charge in [0.05, 0.1) is 11.4 Å². The van der Waals surface area contributed by atoms with Crippen molar-refractivity contribution in [1.82, 2.24) is 0 Å². The molecule has 0 bridgehead atoms. The van der Waals surface area contributed by atoms with Gasteiger partial charge in [-0.25, -0.2) is 5.01 Å². The lowest BCUT2D eigenvalue weighted by molar-refractivity contribution is -0.121. The van der Waals surface area contributed by atoms with E-state index in [2.05, 4.69) is 12.3 Å². The van der Waals surface area contributed by atoms with Gasteiger partial charge in [-0.3, -0.25) is 10.2 Å². The van der Waals surface area contributed by atoms with Crippen LogP contribution in [0.1, 0.15) is 47.0 Å². The third kappa shape index (κ3) is 6.07. The molecule has 2 aromatic carbocycles. The molecule has 0 aromatic heterocycles. The quantitative estimate of drug-likeness (QED) is 0.642. The first-order valence-corrected chi connectivity index (χ1v) is 8.93. The molecule has 0 aliphatic carbocycles. The lowest BCUT2D eigenvalue weighted by Gasteiger charge is -2.27. The van der Waals surface area contributed by atoms with Crippen molar-refractivity contribution in [2.24, 2.45) is 5.92 Å². The number of nitrogens with zero attached hydrogens (tertiary/aromatic N) is 1. The summed E-state index contributed by atoms with van der Waals surface area (Å²) in [5, 5.41) is 1.66. The van der Waals surface area contributed by atoms with E-state index in [4.69, 9.17) is 0 Å². The number of carbonyl (C=O) groups is 1. The number of hydrazine groups is 1. The number of benzene rings is 2. The van der Waals surface area contributed by atoms with E-state index in [0.717, 1.165) is 30.6 Å². The van der Waals surface area contributed by atoms with Crippen LogP contribution in [0, 0.1) is 5.92 Å². The van der Waals surface area contributed by atoms with Crippen molar-refractivity contribution < 1.29 is 4.79 Å². The molecule has 0 aliphatic heterocycles. The summed E-state index contributed by atoms with van der Waals surface area (Å²) in [6.07, 6.45) is 3.09. The number of hydrogen-bond acceptors (Lipinski definition) is 2. The van der Waals surface area contributed by atoms with E-state index in [1.807, 2.05) is 81.4 Å². The number of nitrogens with one attached hydrogen (secondary N) is 1. The van der Waals surface area contributed by atoms with Crippen LogP contribution in [0.5, 0.6) is 0 Å². The van der Waals surface area contributed by atoms with Gasteiger partial charge >= 0.3 is 0 Å². The predicted octanol–water partition coefficient (Wildman–Crippen LogP) is 5.90. The molecule has 0 saturated carbocycles. The Morgan fingerprint density at radius 1 is 1.00 bits per heavy atom. The number of para-hydroxylation sites is 2. The van der Waals surface area contributed by atoms with Crippen LogP contribution in [0.4, 0.5) is 11.4 Å². The second-order valence-corrected chi connectivity index (χ2v) is 5.53. The Balaban J connectivity index is 0.00000139. The molecule has 24 heavy (non-hydrogen) atoms. The molecule has 0 radical (unpaired) electrons. The Kier molecular flexibility index (Phi) is 9.28. The monoisotopic (exact) mass is 326 g/mol. The maximum Gasteiger partial charge on any atom is 0.248 e. The van der Waals surface area contributed by atoms with Gasteiger partial charge in [0, 0.05) is 5.92 Å². The average molecular weight is 326 g/mol. The summed E-state index contributed by atoms with van der Waals surface area (Å²) < 4.78 is 0. The summed E-state index contributed by atoms with van der Waals surface area (Å²) in [6, 6.07) is 19.5. The minimum absolute atomic E-state index is 0.00336. The summed E-state index contributed by atoms with van der Waals surface area (Å²) in [6.45, 7) is 8.15. The molecular weight excluding hydrogens is 296 g/mol. The molecule has 3 heteroatoms. The highest BCUT2D eigenvalue weighted by molar-refractivity contribution is 5.96. The van der Waals surface area contributed by atoms with E-state index in [-0.39, 0.29) is 11.8 Å². The molecule has 0 fully saturated rings. The van der Waals surface area contributed by atoms with Gasteiger partial charge in [0.2, 0.25) is 5.91 Å². The molecule has 130 valence electrons. The number of anilines is 2. The van der Waals surface area contributed by atoms with Crippen LogP contribution in [0.15, 0.2) is 60.7 Å². The number of amides is 1. The van der Waals surface area contributed by atoms with Gasteiger partial charge in [0.1, 0.15) is 0 Å². The van der Waals surface area contributed by atoms with Crippen LogP contribution in [-0.2, 0) is 4.79 Å². The number of unbranched alkanes of at least 4 members (excludes halogenated alkanes) is 1. The summed E-state index contributed by atoms with van der Waals surface area (Å²) in [4.78, 5) is 12.8. The highest BCUT2D eigenvalue weighted by Crippen LogP contribution is 2.20. The van der Waals surface area contributed by atoms with Crippen LogP contribution in [-0.4, -0.2) is 5.91 Å². The molecule has 1 atom stereocenters. The van der Waals surface area contributed by atoms with Crippen LogP contribution in [0.3, 0.4) is 0 Å². The fourth-order valence-corrected chi connectivity index (χ4v) is 2.32. The Hall–Kier alpha value is -2.29. The molecule has 0 saturated heterocycles. The van der Waals surface area contributed by atoms with Crippen molar-refractivity contribution in [2.45, 2.75) is 47.0 Å². The minimum Gasteiger partial charge on any atom is -0.291 e. The fourth-order valence-electron chi connectivity index (χ4n) is 2.32. The van der Waals surface area contributed by atoms with Gasteiger partial charge in [-0.05, 0) is 30.7 Å². The molecule has 1 N–H and O–H groups in total. The first kappa shape index (κ1) is 19.8. The van der Waals surface area contributed by atoms with Gasteiger partial charge in [-0.2, -0.15) is 0 Å². The van der Waals surface area contributed by atoms with E-state index >= 15 is 0 Å². The van der Waals surface area contributed by atoms with Crippen molar-refractivity contribution in [1.29, 1.82) is 0 Å². The highest BCUT2D eigenvalue weighted by atomic mass is 16.2. The van der Waals surface area contributed by atoms with E-state index in [9.17, 15) is 4.79 Å². The fraction of sp³-hybridized carbons (Fsp3) is 0.381. The summed E-state index contributed by atoms with van der Waals surface area (Å²) in [5.74, 6) is 0.0971. The first-order chi connectivity index (χ1) is 11.7. The van der Waals surface area contributed by atoms with Crippen molar-refractivity contribution in [2.75, 3.05) is 10.4 Å². The molecule has 1 unspecified atom stereocenters. The van der Waals surface area contributed by atoms with E-state index in [1.54, 1.807) is 5.01 Å². The molecule has 2 aromatic rings. The third-order valence-corrected chi connectivity index (χ3v) is 3.66. The zero-order valence-corrected chi connectivity index (χ0v) is 15.3. The minimum atomic E-state index is -0.00336. The third-order valence-electron chi connectivity index (χ3n) is 3.66. The second-order valence-electron chi connectivity index (χ2n) is 5.53. The van der Waals surface area contributed by atoms with Crippen LogP contribution in [0.2, 0.25) is 0 Å². The van der Waals surface area contributed by atoms with E-state index in [0.29, 0.717) is 0 Å². The Morgan fingerprint density at radius 2 is 1.54 bits per heavy atom.